The van der Waals surface area contributed by atoms with E-state index in [1.54, 1.807) is 0 Å². The third-order valence-electron chi connectivity index (χ3n) is 3.63. The number of hydrogen-bond acceptors (Lipinski definition) is 5. The second kappa shape index (κ2) is 6.79. The van der Waals surface area contributed by atoms with Gasteiger partial charge in [0.1, 0.15) is 12.0 Å². The van der Waals surface area contributed by atoms with Crippen LogP contribution in [0, 0.1) is 0 Å². The van der Waals surface area contributed by atoms with Crippen LogP contribution in [0.15, 0.2) is 67.0 Å². The fraction of sp³-hybridized carbons (Fsp3) is 0.111. The van der Waals surface area contributed by atoms with Gasteiger partial charge in [0.2, 0.25) is 0 Å². The molecule has 0 bridgehead atoms. The molecule has 0 aliphatic rings. The molecular weight excluding hydrogens is 286 g/mol. The summed E-state index contributed by atoms with van der Waals surface area (Å²) in [6.45, 7) is 0.663. The van der Waals surface area contributed by atoms with Gasteiger partial charge in [0.25, 0.3) is 0 Å². The van der Waals surface area contributed by atoms with Gasteiger partial charge in [-0.3, -0.25) is 0 Å². The van der Waals surface area contributed by atoms with Crippen LogP contribution >= 0.6 is 0 Å². The molecule has 0 fully saturated rings. The van der Waals surface area contributed by atoms with Crippen molar-refractivity contribution in [3.63, 3.8) is 0 Å². The minimum absolute atomic E-state index is 0.537. The van der Waals surface area contributed by atoms with Gasteiger partial charge in [0, 0.05) is 19.3 Å². The molecular formula is C18H19N5. The third-order valence-corrected chi connectivity index (χ3v) is 3.63. The first-order valence-electron chi connectivity index (χ1n) is 7.43. The maximum atomic E-state index is 6.26. The summed E-state index contributed by atoms with van der Waals surface area (Å²) in [5, 5.41) is 3.27. The number of nitrogens with zero attached hydrogens (tertiary/aromatic N) is 3. The van der Waals surface area contributed by atoms with E-state index in [2.05, 4.69) is 27.4 Å². The fourth-order valence-corrected chi connectivity index (χ4v) is 2.35. The first-order chi connectivity index (χ1) is 11.3. The number of aromatic nitrogens is 2. The molecule has 3 rings (SSSR count). The number of rotatable bonds is 5. The fourth-order valence-electron chi connectivity index (χ4n) is 2.35. The van der Waals surface area contributed by atoms with Gasteiger partial charge < -0.3 is 16.0 Å². The molecule has 3 N–H and O–H groups in total. The smallest absolute Gasteiger partial charge is 0.161 e. The summed E-state index contributed by atoms with van der Waals surface area (Å²) in [6, 6.07) is 20.1. The lowest BCUT2D eigenvalue weighted by molar-refractivity contribution is 1.05. The number of anilines is 4. The van der Waals surface area contributed by atoms with E-state index in [4.69, 9.17) is 5.73 Å². The molecule has 3 aromatic rings. The second-order valence-corrected chi connectivity index (χ2v) is 5.19. The SMILES string of the molecule is CN(c1ccccc1)c1ncnc(NCc2ccccc2)c1N. The summed E-state index contributed by atoms with van der Waals surface area (Å²) in [5.41, 5.74) is 8.98. The van der Waals surface area contributed by atoms with Crippen molar-refractivity contribution in [1.82, 2.24) is 9.97 Å². The number of nitrogens with one attached hydrogen (secondary N) is 1. The van der Waals surface area contributed by atoms with E-state index in [9.17, 15) is 0 Å². The Morgan fingerprint density at radius 3 is 2.30 bits per heavy atom. The van der Waals surface area contributed by atoms with E-state index < -0.39 is 0 Å². The maximum Gasteiger partial charge on any atom is 0.161 e. The van der Waals surface area contributed by atoms with E-state index >= 15 is 0 Å². The van der Waals surface area contributed by atoms with Crippen LogP contribution in [0.25, 0.3) is 0 Å². The number of hydrogen-bond donors (Lipinski definition) is 2. The Morgan fingerprint density at radius 1 is 0.957 bits per heavy atom. The monoisotopic (exact) mass is 305 g/mol. The van der Waals surface area contributed by atoms with Crippen molar-refractivity contribution in [2.75, 3.05) is 23.0 Å². The Bertz CT molecular complexity index is 759. The molecule has 0 amide bonds. The zero-order valence-corrected chi connectivity index (χ0v) is 13.0. The van der Waals surface area contributed by atoms with Gasteiger partial charge in [0.05, 0.1) is 0 Å². The standard InChI is InChI=1S/C18H19N5/c1-23(15-10-6-3-7-11-15)18-16(19)17(21-13-22-18)20-12-14-8-4-2-5-9-14/h2-11,13H,12,19H2,1H3,(H,20,21,22). The summed E-state index contributed by atoms with van der Waals surface area (Å²) >= 11 is 0. The zero-order chi connectivity index (χ0) is 16.1. The molecule has 0 saturated carbocycles. The molecule has 1 aromatic heterocycles. The average molecular weight is 305 g/mol. The first kappa shape index (κ1) is 14.8. The van der Waals surface area contributed by atoms with Crippen LogP contribution in [0.2, 0.25) is 0 Å². The molecule has 0 radical (unpaired) electrons. The largest absolute Gasteiger partial charge is 0.393 e. The van der Waals surface area contributed by atoms with Gasteiger partial charge in [-0.25, -0.2) is 9.97 Å². The highest BCUT2D eigenvalue weighted by molar-refractivity contribution is 5.78. The molecule has 116 valence electrons. The molecule has 1 heterocycles. The number of para-hydroxylation sites is 1. The van der Waals surface area contributed by atoms with E-state index in [1.165, 1.54) is 11.9 Å². The van der Waals surface area contributed by atoms with Crippen LogP contribution in [0.3, 0.4) is 0 Å². The molecule has 0 unspecified atom stereocenters. The van der Waals surface area contributed by atoms with Gasteiger partial charge >= 0.3 is 0 Å². The van der Waals surface area contributed by atoms with Crippen LogP contribution in [0.4, 0.5) is 23.0 Å². The van der Waals surface area contributed by atoms with Gasteiger partial charge in [-0.15, -0.1) is 0 Å². The molecule has 5 heteroatoms. The van der Waals surface area contributed by atoms with Crippen molar-refractivity contribution in [2.24, 2.45) is 0 Å². The Labute approximate surface area is 135 Å². The lowest BCUT2D eigenvalue weighted by atomic mass is 10.2. The van der Waals surface area contributed by atoms with Crippen molar-refractivity contribution in [1.29, 1.82) is 0 Å². The summed E-state index contributed by atoms with van der Waals surface area (Å²) in [4.78, 5) is 10.5. The molecule has 0 saturated heterocycles. The molecule has 0 aliphatic carbocycles. The summed E-state index contributed by atoms with van der Waals surface area (Å²) < 4.78 is 0. The normalized spacial score (nSPS) is 10.3. The van der Waals surface area contributed by atoms with Crippen LogP contribution in [0.5, 0.6) is 0 Å². The van der Waals surface area contributed by atoms with Crippen molar-refractivity contribution < 1.29 is 0 Å². The van der Waals surface area contributed by atoms with Crippen molar-refractivity contribution in [2.45, 2.75) is 6.54 Å². The van der Waals surface area contributed by atoms with Crippen molar-refractivity contribution >= 4 is 23.0 Å². The van der Waals surface area contributed by atoms with Gasteiger partial charge in [0.15, 0.2) is 11.6 Å². The van der Waals surface area contributed by atoms with E-state index in [0.717, 1.165) is 5.69 Å². The molecule has 5 nitrogen and oxygen atoms in total. The van der Waals surface area contributed by atoms with Gasteiger partial charge in [-0.2, -0.15) is 0 Å². The van der Waals surface area contributed by atoms with Crippen LogP contribution in [-0.4, -0.2) is 17.0 Å². The van der Waals surface area contributed by atoms with Gasteiger partial charge in [-0.1, -0.05) is 48.5 Å². The minimum Gasteiger partial charge on any atom is -0.393 e. The number of nitrogens with two attached hydrogens (primary N) is 1. The Kier molecular flexibility index (Phi) is 4.38. The van der Waals surface area contributed by atoms with Crippen molar-refractivity contribution in [3.8, 4) is 0 Å². The van der Waals surface area contributed by atoms with Crippen LogP contribution in [-0.2, 0) is 6.54 Å². The van der Waals surface area contributed by atoms with Crippen molar-refractivity contribution in [3.05, 3.63) is 72.6 Å². The molecule has 2 aromatic carbocycles. The Hall–Kier alpha value is -3.08. The van der Waals surface area contributed by atoms with Crippen LogP contribution in [0.1, 0.15) is 5.56 Å². The highest BCUT2D eigenvalue weighted by atomic mass is 15.2. The highest BCUT2D eigenvalue weighted by Gasteiger charge is 2.13. The predicted molar refractivity (Wildman–Crippen MR) is 94.7 cm³/mol. The Balaban J connectivity index is 1.81. The van der Waals surface area contributed by atoms with Crippen LogP contribution < -0.4 is 16.0 Å². The third kappa shape index (κ3) is 3.40. The summed E-state index contributed by atoms with van der Waals surface area (Å²) in [5.74, 6) is 1.32. The minimum atomic E-state index is 0.537. The highest BCUT2D eigenvalue weighted by Crippen LogP contribution is 2.30. The number of nitrogen functional groups attached to an aromatic ring is 1. The molecule has 23 heavy (non-hydrogen) atoms. The predicted octanol–water partition coefficient (Wildman–Crippen LogP) is 3.44. The summed E-state index contributed by atoms with van der Waals surface area (Å²) in [7, 11) is 1.94. The number of benzene rings is 2. The second-order valence-electron chi connectivity index (χ2n) is 5.19. The quantitative estimate of drug-likeness (QED) is 0.756. The molecule has 0 spiro atoms. The molecule has 0 aliphatic heterocycles. The molecule has 0 atom stereocenters. The summed E-state index contributed by atoms with van der Waals surface area (Å²) in [6.07, 6.45) is 1.53. The van der Waals surface area contributed by atoms with E-state index in [0.29, 0.717) is 23.9 Å². The van der Waals surface area contributed by atoms with E-state index in [-0.39, 0.29) is 0 Å². The first-order valence-corrected chi connectivity index (χ1v) is 7.43. The Morgan fingerprint density at radius 2 is 1.61 bits per heavy atom. The average Bonchev–Trinajstić information content (AvgIpc) is 2.62. The maximum absolute atomic E-state index is 6.26. The van der Waals surface area contributed by atoms with Gasteiger partial charge in [-0.05, 0) is 17.7 Å². The topological polar surface area (TPSA) is 67.1 Å². The lowest BCUT2D eigenvalue weighted by Crippen LogP contribution is -2.15. The lowest BCUT2D eigenvalue weighted by Gasteiger charge is -2.21. The van der Waals surface area contributed by atoms with E-state index in [1.807, 2.05) is 60.5 Å². The zero-order valence-electron chi connectivity index (χ0n) is 13.0.